The van der Waals surface area contributed by atoms with Gasteiger partial charge in [0.1, 0.15) is 0 Å². The largest absolute Gasteiger partial charge is 0.399 e. The van der Waals surface area contributed by atoms with Crippen LogP contribution in [0.15, 0.2) is 30.5 Å². The molecule has 3 N–H and O–H groups in total. The molecule has 1 aromatic heterocycles. The van der Waals surface area contributed by atoms with E-state index in [0.29, 0.717) is 6.04 Å². The van der Waals surface area contributed by atoms with Gasteiger partial charge in [0.15, 0.2) is 0 Å². The van der Waals surface area contributed by atoms with Gasteiger partial charge >= 0.3 is 0 Å². The molecule has 3 heteroatoms. The summed E-state index contributed by atoms with van der Waals surface area (Å²) in [6, 6.07) is 8.56. The molecule has 19 heavy (non-hydrogen) atoms. The maximum Gasteiger partial charge on any atom is 0.0743 e. The van der Waals surface area contributed by atoms with E-state index in [2.05, 4.69) is 29.4 Å². The number of rotatable bonds is 5. The van der Waals surface area contributed by atoms with Gasteiger partial charge in [-0.1, -0.05) is 19.8 Å². The van der Waals surface area contributed by atoms with Crippen molar-refractivity contribution in [3.63, 3.8) is 0 Å². The van der Waals surface area contributed by atoms with Crippen LogP contribution < -0.4 is 11.1 Å². The van der Waals surface area contributed by atoms with Gasteiger partial charge in [0.05, 0.1) is 5.52 Å². The number of fused-ring (bicyclic) bond motifs is 1. The molecule has 1 heterocycles. The fourth-order valence-electron chi connectivity index (χ4n) is 2.59. The van der Waals surface area contributed by atoms with Gasteiger partial charge in [0.2, 0.25) is 0 Å². The predicted molar refractivity (Wildman–Crippen MR) is 81.2 cm³/mol. The number of nitrogens with two attached hydrogens (primary N) is 1. The monoisotopic (exact) mass is 255 g/mol. The molecule has 0 saturated heterocycles. The number of benzene rings is 1. The molecule has 1 saturated carbocycles. The molecule has 3 rings (SSSR count). The van der Waals surface area contributed by atoms with Crippen molar-refractivity contribution in [2.45, 2.75) is 38.6 Å². The molecule has 0 bridgehead atoms. The van der Waals surface area contributed by atoms with Crippen LogP contribution in [0.5, 0.6) is 0 Å². The van der Waals surface area contributed by atoms with Crippen LogP contribution in [0.4, 0.5) is 11.4 Å². The molecule has 0 spiro atoms. The molecule has 2 aromatic rings. The van der Waals surface area contributed by atoms with Gasteiger partial charge < -0.3 is 11.1 Å². The zero-order valence-corrected chi connectivity index (χ0v) is 11.4. The van der Waals surface area contributed by atoms with Gasteiger partial charge in [-0.2, -0.15) is 0 Å². The molecular formula is C16H21N3. The first kappa shape index (κ1) is 12.3. The van der Waals surface area contributed by atoms with Crippen LogP contribution in [0.1, 0.15) is 32.6 Å². The predicted octanol–water partition coefficient (Wildman–Crippen LogP) is 3.81. The SMILES string of the molecule is CCC(CC1CC1)Nc1ccnc2cc(N)ccc12. The van der Waals surface area contributed by atoms with E-state index < -0.39 is 0 Å². The second-order valence-corrected chi connectivity index (χ2v) is 5.56. The van der Waals surface area contributed by atoms with Crippen molar-refractivity contribution in [2.75, 3.05) is 11.1 Å². The van der Waals surface area contributed by atoms with Crippen LogP contribution >= 0.6 is 0 Å². The minimum atomic E-state index is 0.565. The summed E-state index contributed by atoms with van der Waals surface area (Å²) >= 11 is 0. The number of nitrogens with one attached hydrogen (secondary N) is 1. The van der Waals surface area contributed by atoms with Crippen LogP contribution in [-0.4, -0.2) is 11.0 Å². The Balaban J connectivity index is 1.86. The molecule has 0 radical (unpaired) electrons. The zero-order valence-electron chi connectivity index (χ0n) is 11.4. The Morgan fingerprint density at radius 3 is 2.95 bits per heavy atom. The van der Waals surface area contributed by atoms with Crippen molar-refractivity contribution in [1.82, 2.24) is 4.98 Å². The van der Waals surface area contributed by atoms with Crippen LogP contribution in [-0.2, 0) is 0 Å². The van der Waals surface area contributed by atoms with Crippen LogP contribution in [0.2, 0.25) is 0 Å². The molecule has 1 aliphatic rings. The van der Waals surface area contributed by atoms with Crippen molar-refractivity contribution < 1.29 is 0 Å². The Morgan fingerprint density at radius 1 is 1.37 bits per heavy atom. The standard InChI is InChI=1S/C16H21N3/c1-2-13(9-11-3-4-11)19-15-7-8-18-16-10-12(17)5-6-14(15)16/h5-8,10-11,13H,2-4,9,17H2,1H3,(H,18,19). The molecule has 1 atom stereocenters. The van der Waals surface area contributed by atoms with Crippen molar-refractivity contribution in [1.29, 1.82) is 0 Å². The van der Waals surface area contributed by atoms with Gasteiger partial charge in [-0.15, -0.1) is 0 Å². The quantitative estimate of drug-likeness (QED) is 0.799. The molecule has 0 amide bonds. The van der Waals surface area contributed by atoms with Gasteiger partial charge in [0.25, 0.3) is 0 Å². The van der Waals surface area contributed by atoms with Gasteiger partial charge in [0, 0.05) is 29.0 Å². The highest BCUT2D eigenvalue weighted by molar-refractivity contribution is 5.92. The topological polar surface area (TPSA) is 50.9 Å². The third kappa shape index (κ3) is 2.80. The first-order valence-electron chi connectivity index (χ1n) is 7.17. The lowest BCUT2D eigenvalue weighted by Gasteiger charge is -2.19. The summed E-state index contributed by atoms with van der Waals surface area (Å²) in [5.74, 6) is 0.946. The average Bonchev–Trinajstić information content (AvgIpc) is 3.21. The Kier molecular flexibility index (Phi) is 3.28. The zero-order chi connectivity index (χ0) is 13.2. The molecule has 1 aliphatic carbocycles. The third-order valence-corrected chi connectivity index (χ3v) is 3.93. The lowest BCUT2D eigenvalue weighted by molar-refractivity contribution is 0.587. The Hall–Kier alpha value is -1.77. The Bertz CT molecular complexity index is 575. The molecule has 100 valence electrons. The summed E-state index contributed by atoms with van der Waals surface area (Å²) in [6.07, 6.45) is 7.12. The normalized spacial score (nSPS) is 16.5. The Morgan fingerprint density at radius 2 is 2.21 bits per heavy atom. The van der Waals surface area contributed by atoms with E-state index in [1.807, 2.05) is 18.3 Å². The van der Waals surface area contributed by atoms with Crippen LogP contribution in [0.3, 0.4) is 0 Å². The molecule has 0 aliphatic heterocycles. The number of anilines is 2. The van der Waals surface area contributed by atoms with Gasteiger partial charge in [-0.05, 0) is 43.0 Å². The van der Waals surface area contributed by atoms with E-state index in [9.17, 15) is 0 Å². The lowest BCUT2D eigenvalue weighted by atomic mass is 10.1. The molecule has 1 aromatic carbocycles. The summed E-state index contributed by atoms with van der Waals surface area (Å²) in [4.78, 5) is 4.39. The van der Waals surface area contributed by atoms with E-state index in [0.717, 1.165) is 28.9 Å². The molecular weight excluding hydrogens is 234 g/mol. The fraction of sp³-hybridized carbons (Fsp3) is 0.438. The van der Waals surface area contributed by atoms with Gasteiger partial charge in [-0.25, -0.2) is 0 Å². The third-order valence-electron chi connectivity index (χ3n) is 3.93. The first-order valence-corrected chi connectivity index (χ1v) is 7.17. The highest BCUT2D eigenvalue weighted by Crippen LogP contribution is 2.35. The second-order valence-electron chi connectivity index (χ2n) is 5.56. The van der Waals surface area contributed by atoms with E-state index >= 15 is 0 Å². The summed E-state index contributed by atoms with van der Waals surface area (Å²) in [5.41, 5.74) is 8.72. The number of hydrogen-bond donors (Lipinski definition) is 2. The van der Waals surface area contributed by atoms with Crippen molar-refractivity contribution in [2.24, 2.45) is 5.92 Å². The van der Waals surface area contributed by atoms with Crippen LogP contribution in [0, 0.1) is 5.92 Å². The van der Waals surface area contributed by atoms with E-state index in [1.54, 1.807) is 0 Å². The van der Waals surface area contributed by atoms with Crippen molar-refractivity contribution in [3.8, 4) is 0 Å². The number of nitrogens with zero attached hydrogens (tertiary/aromatic N) is 1. The van der Waals surface area contributed by atoms with E-state index in [1.165, 1.54) is 24.9 Å². The highest BCUT2D eigenvalue weighted by Gasteiger charge is 2.24. The molecule has 1 fully saturated rings. The second kappa shape index (κ2) is 5.08. The van der Waals surface area contributed by atoms with Crippen LogP contribution in [0.25, 0.3) is 10.9 Å². The van der Waals surface area contributed by atoms with Gasteiger partial charge in [-0.3, -0.25) is 4.98 Å². The summed E-state index contributed by atoms with van der Waals surface area (Å²) in [7, 11) is 0. The van der Waals surface area contributed by atoms with Crippen molar-refractivity contribution in [3.05, 3.63) is 30.5 Å². The van der Waals surface area contributed by atoms with E-state index in [-0.39, 0.29) is 0 Å². The number of pyridine rings is 1. The number of aromatic nitrogens is 1. The molecule has 3 nitrogen and oxygen atoms in total. The lowest BCUT2D eigenvalue weighted by Crippen LogP contribution is -2.19. The number of nitrogen functional groups attached to an aromatic ring is 1. The maximum atomic E-state index is 5.82. The highest BCUT2D eigenvalue weighted by atomic mass is 14.9. The summed E-state index contributed by atoms with van der Waals surface area (Å²) in [6.45, 7) is 2.25. The fourth-order valence-corrected chi connectivity index (χ4v) is 2.59. The summed E-state index contributed by atoms with van der Waals surface area (Å²) < 4.78 is 0. The smallest absolute Gasteiger partial charge is 0.0743 e. The number of hydrogen-bond acceptors (Lipinski definition) is 3. The maximum absolute atomic E-state index is 5.82. The first-order chi connectivity index (χ1) is 9.26. The summed E-state index contributed by atoms with van der Waals surface area (Å²) in [5, 5.41) is 4.84. The van der Waals surface area contributed by atoms with Crippen molar-refractivity contribution >= 4 is 22.3 Å². The molecule has 1 unspecified atom stereocenters. The van der Waals surface area contributed by atoms with E-state index in [4.69, 9.17) is 5.73 Å². The minimum absolute atomic E-state index is 0.565. The minimum Gasteiger partial charge on any atom is -0.399 e. The average molecular weight is 255 g/mol. The Labute approximate surface area is 114 Å².